The number of aliphatic hydroxyl groups excluding tert-OH is 3. The fourth-order valence-electron chi connectivity index (χ4n) is 1.97. The normalized spacial score (nSPS) is 28.3. The minimum absolute atomic E-state index is 0.0225. The fraction of sp³-hybridized carbons (Fsp3) is 1.00. The molecule has 0 spiro atoms. The highest BCUT2D eigenvalue weighted by atomic mass is 16.3. The van der Waals surface area contributed by atoms with Crippen LogP contribution < -0.4 is 5.32 Å². The van der Waals surface area contributed by atoms with E-state index in [9.17, 15) is 15.3 Å². The van der Waals surface area contributed by atoms with Gasteiger partial charge >= 0.3 is 0 Å². The van der Waals surface area contributed by atoms with E-state index < -0.39 is 5.54 Å². The molecule has 14 heavy (non-hydrogen) atoms. The summed E-state index contributed by atoms with van der Waals surface area (Å²) in [6.45, 7) is 1.73. The van der Waals surface area contributed by atoms with Gasteiger partial charge in [0.2, 0.25) is 0 Å². The molecule has 0 bridgehead atoms. The Bertz CT molecular complexity index is 162. The van der Waals surface area contributed by atoms with Crippen LogP contribution in [0.2, 0.25) is 0 Å². The molecule has 0 saturated heterocycles. The third kappa shape index (κ3) is 2.45. The second-order valence-corrected chi connectivity index (χ2v) is 4.20. The summed E-state index contributed by atoms with van der Waals surface area (Å²) in [5, 5.41) is 31.2. The zero-order valence-electron chi connectivity index (χ0n) is 8.74. The molecule has 0 radical (unpaired) electrons. The zero-order valence-corrected chi connectivity index (χ0v) is 8.74. The van der Waals surface area contributed by atoms with Crippen LogP contribution in [0.15, 0.2) is 0 Å². The van der Waals surface area contributed by atoms with Crippen molar-refractivity contribution in [3.05, 3.63) is 0 Å². The summed E-state index contributed by atoms with van der Waals surface area (Å²) in [5.41, 5.74) is -0.629. The van der Waals surface area contributed by atoms with Crippen molar-refractivity contribution in [2.45, 2.75) is 50.3 Å². The molecule has 84 valence electrons. The van der Waals surface area contributed by atoms with Gasteiger partial charge in [-0.05, 0) is 25.7 Å². The summed E-state index contributed by atoms with van der Waals surface area (Å²) in [5.74, 6) is 0. The maximum absolute atomic E-state index is 9.61. The van der Waals surface area contributed by atoms with Gasteiger partial charge in [-0.15, -0.1) is 0 Å². The molecule has 4 heteroatoms. The number of aliphatic hydroxyl groups is 3. The lowest BCUT2D eigenvalue weighted by Gasteiger charge is -2.34. The average molecular weight is 203 g/mol. The first kappa shape index (κ1) is 11.9. The van der Waals surface area contributed by atoms with Crippen LogP contribution in [0.3, 0.4) is 0 Å². The van der Waals surface area contributed by atoms with Crippen molar-refractivity contribution in [2.24, 2.45) is 0 Å². The van der Waals surface area contributed by atoms with Crippen molar-refractivity contribution < 1.29 is 15.3 Å². The van der Waals surface area contributed by atoms with Crippen molar-refractivity contribution in [2.75, 3.05) is 13.2 Å². The summed E-state index contributed by atoms with van der Waals surface area (Å²) in [6, 6.07) is 0.0225. The molecule has 0 aromatic heterocycles. The predicted octanol–water partition coefficient (Wildman–Crippen LogP) is -0.377. The molecule has 1 saturated carbocycles. The van der Waals surface area contributed by atoms with E-state index in [-0.39, 0.29) is 25.4 Å². The molecule has 2 atom stereocenters. The van der Waals surface area contributed by atoms with Crippen molar-refractivity contribution in [3.63, 3.8) is 0 Å². The second-order valence-electron chi connectivity index (χ2n) is 4.20. The van der Waals surface area contributed by atoms with E-state index in [1.165, 1.54) is 0 Å². The molecular formula is C10H21NO3. The molecule has 0 amide bonds. The summed E-state index contributed by atoms with van der Waals surface area (Å²) in [4.78, 5) is 0. The molecule has 4 nitrogen and oxygen atoms in total. The Morgan fingerprint density at radius 1 is 1.29 bits per heavy atom. The molecule has 4 N–H and O–H groups in total. The van der Waals surface area contributed by atoms with Gasteiger partial charge in [0.15, 0.2) is 0 Å². The Balaban J connectivity index is 2.54. The van der Waals surface area contributed by atoms with Crippen molar-refractivity contribution in [1.29, 1.82) is 0 Å². The van der Waals surface area contributed by atoms with Gasteiger partial charge < -0.3 is 20.6 Å². The third-order valence-electron chi connectivity index (χ3n) is 3.25. The van der Waals surface area contributed by atoms with Gasteiger partial charge in [-0.25, -0.2) is 0 Å². The highest BCUT2D eigenvalue weighted by Crippen LogP contribution is 2.22. The Hall–Kier alpha value is -0.160. The molecule has 1 aliphatic carbocycles. The van der Waals surface area contributed by atoms with Crippen LogP contribution in [-0.2, 0) is 0 Å². The minimum atomic E-state index is -0.629. The maximum atomic E-state index is 9.61. The van der Waals surface area contributed by atoms with E-state index in [0.29, 0.717) is 6.42 Å². The quantitative estimate of drug-likeness (QED) is 0.491. The van der Waals surface area contributed by atoms with E-state index in [1.54, 1.807) is 0 Å². The molecule has 0 aromatic carbocycles. The number of rotatable bonds is 5. The number of hydrogen-bond donors (Lipinski definition) is 4. The summed E-state index contributed by atoms with van der Waals surface area (Å²) < 4.78 is 0. The first-order valence-corrected chi connectivity index (χ1v) is 5.35. The number of hydrogen-bond acceptors (Lipinski definition) is 4. The molecule has 0 aliphatic heterocycles. The topological polar surface area (TPSA) is 72.7 Å². The van der Waals surface area contributed by atoms with Crippen LogP contribution in [0.1, 0.15) is 32.6 Å². The lowest BCUT2D eigenvalue weighted by atomic mass is 9.96. The van der Waals surface area contributed by atoms with Gasteiger partial charge in [-0.1, -0.05) is 6.92 Å². The van der Waals surface area contributed by atoms with E-state index in [1.807, 2.05) is 6.92 Å². The Labute approximate surface area is 85.0 Å². The monoisotopic (exact) mass is 203 g/mol. The van der Waals surface area contributed by atoms with Gasteiger partial charge in [-0.2, -0.15) is 0 Å². The van der Waals surface area contributed by atoms with E-state index >= 15 is 0 Å². The Morgan fingerprint density at radius 3 is 2.29 bits per heavy atom. The van der Waals surface area contributed by atoms with Crippen LogP contribution in [0.5, 0.6) is 0 Å². The average Bonchev–Trinajstić information content (AvgIpc) is 2.61. The Kier molecular flexibility index (Phi) is 4.31. The van der Waals surface area contributed by atoms with E-state index in [0.717, 1.165) is 19.3 Å². The standard InChI is InChI=1S/C10H21NO3/c1-2-10(6-12,7-13)11-8-4-3-5-9(8)14/h8-9,11-14H,2-7H2,1H3/t8-,9-/m0/s1. The molecular weight excluding hydrogens is 182 g/mol. The number of nitrogens with one attached hydrogen (secondary N) is 1. The van der Waals surface area contributed by atoms with Crippen LogP contribution in [0.4, 0.5) is 0 Å². The van der Waals surface area contributed by atoms with Crippen molar-refractivity contribution >= 4 is 0 Å². The Morgan fingerprint density at radius 2 is 1.93 bits per heavy atom. The second kappa shape index (κ2) is 5.07. The van der Waals surface area contributed by atoms with Crippen LogP contribution in [0.25, 0.3) is 0 Å². The molecule has 1 rings (SSSR count). The lowest BCUT2D eigenvalue weighted by molar-refractivity contribution is 0.0544. The van der Waals surface area contributed by atoms with Crippen molar-refractivity contribution in [1.82, 2.24) is 5.32 Å². The highest BCUT2D eigenvalue weighted by Gasteiger charge is 2.34. The maximum Gasteiger partial charge on any atom is 0.0693 e. The first-order chi connectivity index (χ1) is 6.67. The minimum Gasteiger partial charge on any atom is -0.394 e. The largest absolute Gasteiger partial charge is 0.394 e. The highest BCUT2D eigenvalue weighted by molar-refractivity contribution is 4.93. The van der Waals surface area contributed by atoms with Gasteiger partial charge in [0.25, 0.3) is 0 Å². The van der Waals surface area contributed by atoms with Gasteiger partial charge in [-0.3, -0.25) is 0 Å². The van der Waals surface area contributed by atoms with Crippen molar-refractivity contribution in [3.8, 4) is 0 Å². The van der Waals surface area contributed by atoms with Crippen LogP contribution in [0, 0.1) is 0 Å². The van der Waals surface area contributed by atoms with Crippen LogP contribution >= 0.6 is 0 Å². The van der Waals surface area contributed by atoms with E-state index in [4.69, 9.17) is 0 Å². The molecule has 1 aliphatic rings. The molecule has 1 fully saturated rings. The predicted molar refractivity (Wildman–Crippen MR) is 54.0 cm³/mol. The summed E-state index contributed by atoms with van der Waals surface area (Å²) in [7, 11) is 0. The van der Waals surface area contributed by atoms with E-state index in [2.05, 4.69) is 5.32 Å². The fourth-order valence-corrected chi connectivity index (χ4v) is 1.97. The smallest absolute Gasteiger partial charge is 0.0693 e. The summed E-state index contributed by atoms with van der Waals surface area (Å²) in [6.07, 6.45) is 3.06. The van der Waals surface area contributed by atoms with Gasteiger partial charge in [0.05, 0.1) is 24.9 Å². The first-order valence-electron chi connectivity index (χ1n) is 5.35. The zero-order chi connectivity index (χ0) is 10.6. The lowest BCUT2D eigenvalue weighted by Crippen LogP contribution is -2.57. The van der Waals surface area contributed by atoms with Gasteiger partial charge in [0, 0.05) is 6.04 Å². The third-order valence-corrected chi connectivity index (χ3v) is 3.25. The van der Waals surface area contributed by atoms with Crippen LogP contribution in [-0.4, -0.2) is 46.2 Å². The summed E-state index contributed by atoms with van der Waals surface area (Å²) >= 11 is 0. The van der Waals surface area contributed by atoms with Gasteiger partial charge in [0.1, 0.15) is 0 Å². The molecule has 0 heterocycles. The molecule has 0 aromatic rings. The SMILES string of the molecule is CCC(CO)(CO)N[C@H]1CCC[C@@H]1O. The molecule has 0 unspecified atom stereocenters.